The van der Waals surface area contributed by atoms with Gasteiger partial charge >= 0.3 is 0 Å². The van der Waals surface area contributed by atoms with Crippen molar-refractivity contribution in [3.63, 3.8) is 0 Å². The average Bonchev–Trinajstić information content (AvgIpc) is 3.18. The van der Waals surface area contributed by atoms with Gasteiger partial charge in [0.15, 0.2) is 0 Å². The highest BCUT2D eigenvalue weighted by atomic mass is 16.2. The Kier molecular flexibility index (Phi) is 4.52. The molecule has 6 heteroatoms. The van der Waals surface area contributed by atoms with Gasteiger partial charge in [-0.3, -0.25) is 4.79 Å². The normalized spacial score (nSPS) is 16.1. The molecular weight excluding hydrogens is 302 g/mol. The van der Waals surface area contributed by atoms with Crippen molar-refractivity contribution in [1.82, 2.24) is 14.5 Å². The highest BCUT2D eigenvalue weighted by molar-refractivity contribution is 6.00. The molecule has 0 fully saturated rings. The van der Waals surface area contributed by atoms with Crippen molar-refractivity contribution in [3.8, 4) is 6.07 Å². The summed E-state index contributed by atoms with van der Waals surface area (Å²) in [5, 5.41) is 9.57. The van der Waals surface area contributed by atoms with Crippen LogP contribution >= 0.6 is 0 Å². The first-order valence-corrected chi connectivity index (χ1v) is 8.09. The summed E-state index contributed by atoms with van der Waals surface area (Å²) in [4.78, 5) is 20.3. The highest BCUT2D eigenvalue weighted by Gasteiger charge is 2.36. The lowest BCUT2D eigenvalue weighted by Gasteiger charge is -2.20. The molecule has 1 aliphatic heterocycles. The molecular formula is C18H21N5O. The number of benzene rings is 1. The number of carbonyl (C=O) groups is 1. The third-order valence-electron chi connectivity index (χ3n) is 4.40. The number of unbranched alkanes of at least 4 members (excludes halogenated alkanes) is 1. The van der Waals surface area contributed by atoms with Crippen LogP contribution in [0.5, 0.6) is 0 Å². The van der Waals surface area contributed by atoms with Gasteiger partial charge in [0.25, 0.3) is 5.91 Å². The summed E-state index contributed by atoms with van der Waals surface area (Å²) in [5.41, 5.74) is 2.48. The predicted octanol–water partition coefficient (Wildman–Crippen LogP) is 2.45. The number of hydrogen-bond acceptors (Lipinski definition) is 4. The van der Waals surface area contributed by atoms with E-state index in [0.717, 1.165) is 30.6 Å². The molecule has 0 N–H and O–H groups in total. The minimum absolute atomic E-state index is 0.0375. The van der Waals surface area contributed by atoms with E-state index in [2.05, 4.69) is 11.1 Å². The SMILES string of the molecule is CN(C)c1ccc2c(c1)C(C#N)N(CCCCn1ccnc1)C2=O. The Balaban J connectivity index is 1.68. The van der Waals surface area contributed by atoms with Gasteiger partial charge in [0.05, 0.1) is 12.4 Å². The Bertz CT molecular complexity index is 760. The van der Waals surface area contributed by atoms with Crippen molar-refractivity contribution >= 4 is 11.6 Å². The third-order valence-corrected chi connectivity index (χ3v) is 4.40. The summed E-state index contributed by atoms with van der Waals surface area (Å²) in [6, 6.07) is 7.52. The molecule has 1 unspecified atom stereocenters. The molecule has 6 nitrogen and oxygen atoms in total. The van der Waals surface area contributed by atoms with Gasteiger partial charge in [-0.15, -0.1) is 0 Å². The Morgan fingerprint density at radius 1 is 1.29 bits per heavy atom. The molecule has 0 aliphatic carbocycles. The van der Waals surface area contributed by atoms with Crippen molar-refractivity contribution in [3.05, 3.63) is 48.0 Å². The van der Waals surface area contributed by atoms with Gasteiger partial charge in [-0.2, -0.15) is 5.26 Å². The van der Waals surface area contributed by atoms with Crippen molar-refractivity contribution in [2.24, 2.45) is 0 Å². The number of nitrogens with zero attached hydrogens (tertiary/aromatic N) is 5. The number of amides is 1. The third kappa shape index (κ3) is 2.98. The zero-order valence-electron chi connectivity index (χ0n) is 14.0. The van der Waals surface area contributed by atoms with Gasteiger partial charge < -0.3 is 14.4 Å². The number of aryl methyl sites for hydroxylation is 1. The number of carbonyl (C=O) groups excluding carboxylic acids is 1. The fourth-order valence-electron chi connectivity index (χ4n) is 3.05. The Morgan fingerprint density at radius 2 is 2.08 bits per heavy atom. The zero-order valence-corrected chi connectivity index (χ0v) is 14.0. The second-order valence-electron chi connectivity index (χ2n) is 6.20. The lowest BCUT2D eigenvalue weighted by atomic mass is 10.0. The molecule has 2 heterocycles. The maximum Gasteiger partial charge on any atom is 0.255 e. The first-order valence-electron chi connectivity index (χ1n) is 8.09. The largest absolute Gasteiger partial charge is 0.378 e. The fourth-order valence-corrected chi connectivity index (χ4v) is 3.05. The van der Waals surface area contributed by atoms with E-state index >= 15 is 0 Å². The Labute approximate surface area is 141 Å². The second kappa shape index (κ2) is 6.75. The van der Waals surface area contributed by atoms with Crippen molar-refractivity contribution in [2.75, 3.05) is 25.5 Å². The zero-order chi connectivity index (χ0) is 17.1. The van der Waals surface area contributed by atoms with Crippen LogP contribution in [-0.2, 0) is 6.54 Å². The number of aromatic nitrogens is 2. The minimum atomic E-state index is -0.486. The van der Waals surface area contributed by atoms with Crippen LogP contribution in [0.4, 0.5) is 5.69 Å². The van der Waals surface area contributed by atoms with E-state index < -0.39 is 6.04 Å². The molecule has 124 valence electrons. The van der Waals surface area contributed by atoms with E-state index in [1.807, 2.05) is 48.0 Å². The van der Waals surface area contributed by atoms with Crippen LogP contribution in [0.2, 0.25) is 0 Å². The van der Waals surface area contributed by atoms with Gasteiger partial charge in [0.1, 0.15) is 6.04 Å². The van der Waals surface area contributed by atoms with Gasteiger partial charge in [-0.1, -0.05) is 0 Å². The molecule has 0 saturated heterocycles. The summed E-state index contributed by atoms with van der Waals surface area (Å²) in [5.74, 6) is -0.0375. The van der Waals surface area contributed by atoms with Crippen LogP contribution in [0.15, 0.2) is 36.9 Å². The molecule has 0 radical (unpaired) electrons. The number of imidazole rings is 1. The van der Waals surface area contributed by atoms with Gasteiger partial charge in [0, 0.05) is 56.4 Å². The molecule has 1 amide bonds. The number of anilines is 1. The summed E-state index contributed by atoms with van der Waals surface area (Å²) >= 11 is 0. The number of nitriles is 1. The van der Waals surface area contributed by atoms with Crippen molar-refractivity contribution < 1.29 is 4.79 Å². The van der Waals surface area contributed by atoms with E-state index in [1.54, 1.807) is 17.4 Å². The molecule has 1 aliphatic rings. The number of fused-ring (bicyclic) bond motifs is 1. The molecule has 0 bridgehead atoms. The summed E-state index contributed by atoms with van der Waals surface area (Å²) in [6.45, 7) is 1.47. The maximum atomic E-state index is 12.6. The van der Waals surface area contributed by atoms with Gasteiger partial charge in [-0.05, 0) is 31.0 Å². The topological polar surface area (TPSA) is 65.2 Å². The minimum Gasteiger partial charge on any atom is -0.378 e. The first kappa shape index (κ1) is 16.1. The standard InChI is InChI=1S/C18H21N5O/c1-21(2)14-5-6-15-16(11-14)17(12-19)23(18(15)24)9-4-3-8-22-10-7-20-13-22/h5-7,10-11,13,17H,3-4,8-9H2,1-2H3. The highest BCUT2D eigenvalue weighted by Crippen LogP contribution is 2.35. The Morgan fingerprint density at radius 3 is 2.75 bits per heavy atom. The van der Waals surface area contributed by atoms with Crippen LogP contribution in [0, 0.1) is 11.3 Å². The van der Waals surface area contributed by atoms with Crippen LogP contribution in [0.25, 0.3) is 0 Å². The average molecular weight is 323 g/mol. The van der Waals surface area contributed by atoms with Gasteiger partial charge in [-0.25, -0.2) is 4.98 Å². The maximum absolute atomic E-state index is 12.6. The first-order chi connectivity index (χ1) is 11.6. The van der Waals surface area contributed by atoms with Crippen LogP contribution in [-0.4, -0.2) is 41.0 Å². The lowest BCUT2D eigenvalue weighted by Crippen LogP contribution is -2.28. The summed E-state index contributed by atoms with van der Waals surface area (Å²) < 4.78 is 2.02. The van der Waals surface area contributed by atoms with E-state index in [9.17, 15) is 10.1 Å². The summed E-state index contributed by atoms with van der Waals surface area (Å²) in [7, 11) is 3.90. The smallest absolute Gasteiger partial charge is 0.255 e. The molecule has 1 aromatic heterocycles. The molecule has 1 aromatic carbocycles. The van der Waals surface area contributed by atoms with E-state index in [1.165, 1.54) is 0 Å². The molecule has 0 spiro atoms. The molecule has 24 heavy (non-hydrogen) atoms. The fraction of sp³-hybridized carbons (Fsp3) is 0.389. The van der Waals surface area contributed by atoms with Crippen molar-refractivity contribution in [2.45, 2.75) is 25.4 Å². The van der Waals surface area contributed by atoms with Crippen LogP contribution in [0.3, 0.4) is 0 Å². The van der Waals surface area contributed by atoms with E-state index in [4.69, 9.17) is 0 Å². The van der Waals surface area contributed by atoms with Gasteiger partial charge in [0.2, 0.25) is 0 Å². The Hall–Kier alpha value is -2.81. The van der Waals surface area contributed by atoms with Crippen LogP contribution < -0.4 is 4.90 Å². The lowest BCUT2D eigenvalue weighted by molar-refractivity contribution is 0.0754. The number of rotatable bonds is 6. The molecule has 0 saturated carbocycles. The quantitative estimate of drug-likeness (QED) is 0.766. The van der Waals surface area contributed by atoms with Crippen LogP contribution in [0.1, 0.15) is 34.8 Å². The molecule has 3 rings (SSSR count). The van der Waals surface area contributed by atoms with Crippen molar-refractivity contribution in [1.29, 1.82) is 5.26 Å². The molecule has 2 aromatic rings. The summed E-state index contributed by atoms with van der Waals surface area (Å²) in [6.07, 6.45) is 7.28. The monoisotopic (exact) mass is 323 g/mol. The second-order valence-corrected chi connectivity index (χ2v) is 6.20. The predicted molar refractivity (Wildman–Crippen MR) is 91.6 cm³/mol. The molecule has 1 atom stereocenters. The van der Waals surface area contributed by atoms with E-state index in [-0.39, 0.29) is 5.91 Å². The number of hydrogen-bond donors (Lipinski definition) is 0. The van der Waals surface area contributed by atoms with E-state index in [0.29, 0.717) is 12.1 Å².